The molecule has 18 heavy (non-hydrogen) atoms. The van der Waals surface area contributed by atoms with Gasteiger partial charge in [-0.15, -0.1) is 11.3 Å². The lowest BCUT2D eigenvalue weighted by molar-refractivity contribution is 0.478. The van der Waals surface area contributed by atoms with Crippen LogP contribution < -0.4 is 10.6 Å². The van der Waals surface area contributed by atoms with E-state index in [1.807, 2.05) is 0 Å². The van der Waals surface area contributed by atoms with Crippen LogP contribution >= 0.6 is 11.3 Å². The van der Waals surface area contributed by atoms with Gasteiger partial charge in [-0.25, -0.2) is 0 Å². The van der Waals surface area contributed by atoms with Gasteiger partial charge in [0.15, 0.2) is 0 Å². The van der Waals surface area contributed by atoms with Crippen LogP contribution in [-0.2, 0) is 0 Å². The SMILES string of the molecule is Cc1ccsc1-c1cc(NC2CCNCC2)n[nH]1. The van der Waals surface area contributed by atoms with Crippen molar-refractivity contribution in [2.24, 2.45) is 0 Å². The molecule has 3 N–H and O–H groups in total. The molecular weight excluding hydrogens is 244 g/mol. The minimum Gasteiger partial charge on any atom is -0.366 e. The number of thiophene rings is 1. The van der Waals surface area contributed by atoms with Gasteiger partial charge >= 0.3 is 0 Å². The van der Waals surface area contributed by atoms with Crippen molar-refractivity contribution >= 4 is 17.2 Å². The first-order valence-corrected chi connectivity index (χ1v) is 7.28. The molecule has 1 aliphatic heterocycles. The Hall–Kier alpha value is -1.33. The normalized spacial score (nSPS) is 16.9. The fourth-order valence-electron chi connectivity index (χ4n) is 2.34. The molecule has 3 rings (SSSR count). The van der Waals surface area contributed by atoms with Gasteiger partial charge in [-0.1, -0.05) is 0 Å². The zero-order valence-electron chi connectivity index (χ0n) is 10.5. The molecule has 0 saturated carbocycles. The first kappa shape index (κ1) is 11.7. The van der Waals surface area contributed by atoms with E-state index in [1.165, 1.54) is 23.3 Å². The summed E-state index contributed by atoms with van der Waals surface area (Å²) in [6.45, 7) is 4.32. The predicted molar refractivity (Wildman–Crippen MR) is 76.2 cm³/mol. The van der Waals surface area contributed by atoms with E-state index in [-0.39, 0.29) is 0 Å². The van der Waals surface area contributed by atoms with Gasteiger partial charge in [-0.2, -0.15) is 5.10 Å². The van der Waals surface area contributed by atoms with E-state index < -0.39 is 0 Å². The van der Waals surface area contributed by atoms with Crippen molar-refractivity contribution in [3.8, 4) is 10.6 Å². The zero-order valence-corrected chi connectivity index (χ0v) is 11.3. The molecular formula is C13H18N4S. The first-order valence-electron chi connectivity index (χ1n) is 6.40. The van der Waals surface area contributed by atoms with Crippen molar-refractivity contribution in [2.45, 2.75) is 25.8 Å². The summed E-state index contributed by atoms with van der Waals surface area (Å²) >= 11 is 1.75. The van der Waals surface area contributed by atoms with E-state index in [4.69, 9.17) is 0 Å². The summed E-state index contributed by atoms with van der Waals surface area (Å²) in [5.74, 6) is 0.963. The number of aromatic nitrogens is 2. The largest absolute Gasteiger partial charge is 0.366 e. The second-order valence-electron chi connectivity index (χ2n) is 4.77. The molecule has 0 atom stereocenters. The van der Waals surface area contributed by atoms with Crippen LogP contribution in [0.25, 0.3) is 10.6 Å². The zero-order chi connectivity index (χ0) is 12.4. The molecule has 0 unspecified atom stereocenters. The number of anilines is 1. The minimum atomic E-state index is 0.548. The third-order valence-electron chi connectivity index (χ3n) is 3.38. The Kier molecular flexibility index (Phi) is 3.34. The fourth-order valence-corrected chi connectivity index (χ4v) is 3.23. The van der Waals surface area contributed by atoms with Gasteiger partial charge in [-0.05, 0) is 49.9 Å². The molecule has 0 bridgehead atoms. The summed E-state index contributed by atoms with van der Waals surface area (Å²) in [6, 6.07) is 4.80. The Labute approximate surface area is 111 Å². The maximum absolute atomic E-state index is 4.36. The summed E-state index contributed by atoms with van der Waals surface area (Å²) in [7, 11) is 0. The summed E-state index contributed by atoms with van der Waals surface area (Å²) in [5.41, 5.74) is 2.41. The highest BCUT2D eigenvalue weighted by molar-refractivity contribution is 7.13. The Balaban J connectivity index is 1.71. The second kappa shape index (κ2) is 5.12. The van der Waals surface area contributed by atoms with Gasteiger partial charge in [0.25, 0.3) is 0 Å². The Morgan fingerprint density at radius 2 is 2.22 bits per heavy atom. The number of hydrogen-bond acceptors (Lipinski definition) is 4. The van der Waals surface area contributed by atoms with Crippen molar-refractivity contribution in [2.75, 3.05) is 18.4 Å². The fraction of sp³-hybridized carbons (Fsp3) is 0.462. The number of hydrogen-bond donors (Lipinski definition) is 3. The van der Waals surface area contributed by atoms with Crippen molar-refractivity contribution < 1.29 is 0 Å². The van der Waals surface area contributed by atoms with Crippen molar-refractivity contribution in [1.29, 1.82) is 0 Å². The van der Waals surface area contributed by atoms with E-state index in [9.17, 15) is 0 Å². The summed E-state index contributed by atoms with van der Waals surface area (Å²) < 4.78 is 0. The van der Waals surface area contributed by atoms with Gasteiger partial charge in [-0.3, -0.25) is 5.10 Å². The highest BCUT2D eigenvalue weighted by Crippen LogP contribution is 2.28. The van der Waals surface area contributed by atoms with E-state index in [0.29, 0.717) is 6.04 Å². The van der Waals surface area contributed by atoms with Crippen molar-refractivity contribution in [3.05, 3.63) is 23.1 Å². The first-order chi connectivity index (χ1) is 8.83. The molecule has 2 aromatic rings. The Bertz CT molecular complexity index is 511. The number of H-pyrrole nitrogens is 1. The van der Waals surface area contributed by atoms with Gasteiger partial charge in [0, 0.05) is 12.1 Å². The molecule has 0 aromatic carbocycles. The average Bonchev–Trinajstić information content (AvgIpc) is 2.99. The second-order valence-corrected chi connectivity index (χ2v) is 5.68. The van der Waals surface area contributed by atoms with Gasteiger partial charge in [0.1, 0.15) is 5.82 Å². The maximum Gasteiger partial charge on any atom is 0.148 e. The third-order valence-corrected chi connectivity index (χ3v) is 4.43. The number of aromatic amines is 1. The molecule has 1 fully saturated rings. The Morgan fingerprint density at radius 1 is 1.39 bits per heavy atom. The highest BCUT2D eigenvalue weighted by atomic mass is 32.1. The van der Waals surface area contributed by atoms with Gasteiger partial charge < -0.3 is 10.6 Å². The number of piperidine rings is 1. The number of nitrogens with one attached hydrogen (secondary N) is 3. The molecule has 0 aliphatic carbocycles. The van der Waals surface area contributed by atoms with Gasteiger partial charge in [0.05, 0.1) is 10.6 Å². The van der Waals surface area contributed by atoms with Crippen LogP contribution in [0.1, 0.15) is 18.4 Å². The lowest BCUT2D eigenvalue weighted by Crippen LogP contribution is -2.35. The van der Waals surface area contributed by atoms with Crippen LogP contribution in [0.4, 0.5) is 5.82 Å². The molecule has 1 aliphatic rings. The Morgan fingerprint density at radius 3 is 2.94 bits per heavy atom. The molecule has 2 aromatic heterocycles. The summed E-state index contributed by atoms with van der Waals surface area (Å²) in [5, 5.41) is 16.5. The minimum absolute atomic E-state index is 0.548. The molecule has 96 valence electrons. The molecule has 5 heteroatoms. The third kappa shape index (κ3) is 2.42. The van der Waals surface area contributed by atoms with Crippen LogP contribution in [0.15, 0.2) is 17.5 Å². The van der Waals surface area contributed by atoms with E-state index in [0.717, 1.165) is 24.6 Å². The standard InChI is InChI=1S/C13H18N4S/c1-9-4-7-18-13(9)11-8-12(17-16-11)15-10-2-5-14-6-3-10/h4,7-8,10,14H,2-3,5-6H2,1H3,(H2,15,16,17). The molecule has 1 saturated heterocycles. The van der Waals surface area contributed by atoms with Crippen molar-refractivity contribution in [1.82, 2.24) is 15.5 Å². The quantitative estimate of drug-likeness (QED) is 0.797. The average molecular weight is 262 g/mol. The van der Waals surface area contributed by atoms with E-state index >= 15 is 0 Å². The summed E-state index contributed by atoms with van der Waals surface area (Å²) in [4.78, 5) is 1.28. The predicted octanol–water partition coefficient (Wildman–Crippen LogP) is 2.61. The topological polar surface area (TPSA) is 52.7 Å². The number of aryl methyl sites for hydroxylation is 1. The lowest BCUT2D eigenvalue weighted by atomic mass is 10.1. The monoisotopic (exact) mass is 262 g/mol. The number of nitrogens with zero attached hydrogens (tertiary/aromatic N) is 1. The summed E-state index contributed by atoms with van der Waals surface area (Å²) in [6.07, 6.45) is 2.33. The molecule has 4 nitrogen and oxygen atoms in total. The molecule has 0 radical (unpaired) electrons. The smallest absolute Gasteiger partial charge is 0.148 e. The van der Waals surface area contributed by atoms with E-state index in [1.54, 1.807) is 11.3 Å². The maximum atomic E-state index is 4.36. The van der Waals surface area contributed by atoms with Crippen LogP contribution in [0.3, 0.4) is 0 Å². The van der Waals surface area contributed by atoms with Crippen molar-refractivity contribution in [3.63, 3.8) is 0 Å². The molecule has 3 heterocycles. The molecule has 0 spiro atoms. The highest BCUT2D eigenvalue weighted by Gasteiger charge is 2.14. The van der Waals surface area contributed by atoms with E-state index in [2.05, 4.69) is 45.3 Å². The number of rotatable bonds is 3. The van der Waals surface area contributed by atoms with Crippen LogP contribution in [0.2, 0.25) is 0 Å². The van der Waals surface area contributed by atoms with Crippen LogP contribution in [-0.4, -0.2) is 29.3 Å². The van der Waals surface area contributed by atoms with Crippen LogP contribution in [0, 0.1) is 6.92 Å². The van der Waals surface area contributed by atoms with Gasteiger partial charge in [0.2, 0.25) is 0 Å². The van der Waals surface area contributed by atoms with Crippen LogP contribution in [0.5, 0.6) is 0 Å². The molecule has 0 amide bonds. The lowest BCUT2D eigenvalue weighted by Gasteiger charge is -2.23.